The molecular weight excluding hydrogens is 658 g/mol. The van der Waals surface area contributed by atoms with E-state index in [9.17, 15) is 9.59 Å². The van der Waals surface area contributed by atoms with Crippen LogP contribution in [0.1, 0.15) is 54.5 Å². The molecule has 0 radical (unpaired) electrons. The van der Waals surface area contributed by atoms with E-state index >= 15 is 0 Å². The molecule has 266 valence electrons. The lowest BCUT2D eigenvalue weighted by Gasteiger charge is -2.15. The number of ether oxygens (including phenoxy) is 1. The van der Waals surface area contributed by atoms with E-state index in [1.54, 1.807) is 10.9 Å². The van der Waals surface area contributed by atoms with Crippen LogP contribution in [0.4, 0.5) is 27.9 Å². The number of urea groups is 1. The zero-order valence-corrected chi connectivity index (χ0v) is 29.5. The maximum absolute atomic E-state index is 13.4. The molecule has 3 amide bonds. The molecule has 3 aromatic heterocycles. The average Bonchev–Trinajstić information content (AvgIpc) is 3.56. The van der Waals surface area contributed by atoms with Crippen molar-refractivity contribution in [3.05, 3.63) is 120 Å². The van der Waals surface area contributed by atoms with Crippen LogP contribution in [0, 0.1) is 6.92 Å². The van der Waals surface area contributed by atoms with Gasteiger partial charge in [-0.2, -0.15) is 5.10 Å². The van der Waals surface area contributed by atoms with Crippen LogP contribution in [-0.4, -0.2) is 54.9 Å². The normalized spacial score (nSPS) is 11.2. The Morgan fingerprint density at radius 3 is 2.44 bits per heavy atom. The summed E-state index contributed by atoms with van der Waals surface area (Å²) in [5.41, 5.74) is 4.24. The number of fused-ring (bicyclic) bond motifs is 1. The molecule has 5 N–H and O–H groups in total. The number of benzene rings is 3. The number of hydrogen-bond donors (Lipinski definition) is 5. The third-order valence-corrected chi connectivity index (χ3v) is 8.08. The van der Waals surface area contributed by atoms with E-state index in [0.717, 1.165) is 33.3 Å². The van der Waals surface area contributed by atoms with Crippen LogP contribution in [0.25, 0.3) is 16.5 Å². The minimum atomic E-state index is -0.398. The Kier molecular flexibility index (Phi) is 10.7. The highest BCUT2D eigenvalue weighted by atomic mass is 16.5. The molecule has 0 aliphatic carbocycles. The number of nitrogens with one attached hydrogen (secondary N) is 4. The molecule has 0 fully saturated rings. The fraction of sp³-hybridized carbons (Fsp3) is 0.231. The van der Waals surface area contributed by atoms with E-state index in [1.807, 2.05) is 85.8 Å². The molecule has 52 heavy (non-hydrogen) atoms. The highest BCUT2D eigenvalue weighted by Gasteiger charge is 2.22. The Morgan fingerprint density at radius 1 is 0.865 bits per heavy atom. The summed E-state index contributed by atoms with van der Waals surface area (Å²) in [6.07, 6.45) is 4.96. The number of aromatic nitrogens is 5. The number of hydrogen-bond acceptors (Lipinski definition) is 9. The van der Waals surface area contributed by atoms with Gasteiger partial charge in [-0.1, -0.05) is 57.2 Å². The highest BCUT2D eigenvalue weighted by molar-refractivity contribution is 6.07. The lowest BCUT2D eigenvalue weighted by atomic mass is 9.92. The first-order chi connectivity index (χ1) is 25.1. The summed E-state index contributed by atoms with van der Waals surface area (Å²) in [5, 5.41) is 27.2. The number of aliphatic hydroxyl groups excluding tert-OH is 1. The van der Waals surface area contributed by atoms with Gasteiger partial charge in [-0.3, -0.25) is 10.1 Å². The maximum Gasteiger partial charge on any atom is 0.324 e. The third kappa shape index (κ3) is 8.68. The van der Waals surface area contributed by atoms with Gasteiger partial charge in [0.05, 0.1) is 29.5 Å². The second kappa shape index (κ2) is 15.7. The van der Waals surface area contributed by atoms with Crippen molar-refractivity contribution in [1.82, 2.24) is 30.0 Å². The summed E-state index contributed by atoms with van der Waals surface area (Å²) in [7, 11) is 0. The zero-order chi connectivity index (χ0) is 36.7. The van der Waals surface area contributed by atoms with Crippen LogP contribution in [0.15, 0.2) is 97.5 Å². The number of carbonyl (C=O) groups excluding carboxylic acids is 2. The van der Waals surface area contributed by atoms with Gasteiger partial charge in [0.15, 0.2) is 0 Å². The Balaban J connectivity index is 1.13. The summed E-state index contributed by atoms with van der Waals surface area (Å²) < 4.78 is 8.03. The van der Waals surface area contributed by atoms with Gasteiger partial charge >= 0.3 is 6.03 Å². The zero-order valence-electron chi connectivity index (χ0n) is 29.5. The lowest BCUT2D eigenvalue weighted by Crippen LogP contribution is -2.26. The molecule has 6 aromatic rings. The number of anilines is 4. The van der Waals surface area contributed by atoms with Crippen molar-refractivity contribution in [3.8, 4) is 11.4 Å². The van der Waals surface area contributed by atoms with Crippen molar-refractivity contribution < 1.29 is 19.4 Å². The summed E-state index contributed by atoms with van der Waals surface area (Å²) >= 11 is 0. The van der Waals surface area contributed by atoms with Gasteiger partial charge in [-0.05, 0) is 60.9 Å². The van der Waals surface area contributed by atoms with Gasteiger partial charge in [0.25, 0.3) is 5.91 Å². The minimum Gasteiger partial charge on any atom is -0.488 e. The maximum atomic E-state index is 13.4. The minimum absolute atomic E-state index is 0.00404. The van der Waals surface area contributed by atoms with Crippen LogP contribution >= 0.6 is 0 Å². The quantitative estimate of drug-likeness (QED) is 0.0854. The number of pyridine rings is 1. The number of nitrogens with zero attached hydrogens (tertiary/aromatic N) is 5. The van der Waals surface area contributed by atoms with Gasteiger partial charge in [-0.25, -0.2) is 24.4 Å². The lowest BCUT2D eigenvalue weighted by molar-refractivity contribution is 0.0945. The van der Waals surface area contributed by atoms with Crippen LogP contribution in [0.3, 0.4) is 0 Å². The van der Waals surface area contributed by atoms with Gasteiger partial charge in [0.2, 0.25) is 0 Å². The first kappa shape index (κ1) is 35.5. The van der Waals surface area contributed by atoms with Crippen LogP contribution in [-0.2, 0) is 12.0 Å². The molecule has 0 bridgehead atoms. The van der Waals surface area contributed by atoms with Crippen LogP contribution in [0.5, 0.6) is 5.75 Å². The molecule has 13 heteroatoms. The Bertz CT molecular complexity index is 2190. The van der Waals surface area contributed by atoms with E-state index in [1.165, 1.54) is 12.4 Å². The predicted molar refractivity (Wildman–Crippen MR) is 202 cm³/mol. The standard InChI is InChI=1S/C39H41N9O4/c1-25-9-7-10-27(19-25)48-36(21-33(47-48)39(2,3)4)46-38(51)44-30-13-14-32(29-12-6-5-11-28(29)30)52-24-26-15-17-40-34(20-26)45-35-23-42-31(22-43-35)37(50)41-16-8-18-49/h5-7,9-15,17,19-23,49H,8,16,18,24H2,1-4H3,(H,41,50)(H,40,43,45)(H2,44,46,51). The molecule has 3 aromatic carbocycles. The molecule has 13 nitrogen and oxygen atoms in total. The summed E-state index contributed by atoms with van der Waals surface area (Å²) in [6, 6.07) is 24.6. The largest absolute Gasteiger partial charge is 0.488 e. The van der Waals surface area contributed by atoms with Gasteiger partial charge in [-0.15, -0.1) is 0 Å². The number of aryl methyl sites for hydroxylation is 1. The molecule has 0 unspecified atom stereocenters. The molecule has 6 rings (SSSR count). The molecule has 0 aliphatic rings. The molecule has 0 saturated carbocycles. The molecule has 3 heterocycles. The Morgan fingerprint density at radius 2 is 1.69 bits per heavy atom. The SMILES string of the molecule is Cc1cccc(-n2nc(C(C)(C)C)cc2NC(=O)Nc2ccc(OCc3ccnc(Nc4cnc(C(=O)NCCCO)cn4)c3)c3ccccc23)c1. The van der Waals surface area contributed by atoms with Gasteiger partial charge in [0, 0.05) is 41.6 Å². The highest BCUT2D eigenvalue weighted by Crippen LogP contribution is 2.33. The molecule has 0 spiro atoms. The van der Waals surface area contributed by atoms with Crippen molar-refractivity contribution >= 4 is 45.9 Å². The van der Waals surface area contributed by atoms with Crippen molar-refractivity contribution in [2.24, 2.45) is 0 Å². The van der Waals surface area contributed by atoms with E-state index in [4.69, 9.17) is 14.9 Å². The number of carbonyl (C=O) groups is 2. The second-order valence-electron chi connectivity index (χ2n) is 13.2. The number of rotatable bonds is 12. The smallest absolute Gasteiger partial charge is 0.324 e. The van der Waals surface area contributed by atoms with Crippen LogP contribution < -0.4 is 26.0 Å². The monoisotopic (exact) mass is 699 g/mol. The van der Waals surface area contributed by atoms with Crippen molar-refractivity contribution in [2.45, 2.75) is 46.1 Å². The van der Waals surface area contributed by atoms with Crippen molar-refractivity contribution in [3.63, 3.8) is 0 Å². The summed E-state index contributed by atoms with van der Waals surface area (Å²) in [4.78, 5) is 38.4. The molecular formula is C39H41N9O4. The average molecular weight is 700 g/mol. The summed E-state index contributed by atoms with van der Waals surface area (Å²) in [6.45, 7) is 8.88. The van der Waals surface area contributed by atoms with E-state index in [-0.39, 0.29) is 30.2 Å². The fourth-order valence-corrected chi connectivity index (χ4v) is 5.38. The van der Waals surface area contributed by atoms with E-state index < -0.39 is 6.03 Å². The Hall–Kier alpha value is -6.34. The number of aliphatic hydroxyl groups is 1. The first-order valence-electron chi connectivity index (χ1n) is 16.9. The van der Waals surface area contributed by atoms with Crippen molar-refractivity contribution in [2.75, 3.05) is 29.1 Å². The van der Waals surface area contributed by atoms with Gasteiger partial charge < -0.3 is 25.8 Å². The van der Waals surface area contributed by atoms with Crippen molar-refractivity contribution in [1.29, 1.82) is 0 Å². The Labute approximate surface area is 301 Å². The van der Waals surface area contributed by atoms with Crippen LogP contribution in [0.2, 0.25) is 0 Å². The number of amides is 3. The molecule has 0 saturated heterocycles. The van der Waals surface area contributed by atoms with E-state index in [2.05, 4.69) is 57.0 Å². The second-order valence-corrected chi connectivity index (χ2v) is 13.2. The van der Waals surface area contributed by atoms with E-state index in [0.29, 0.717) is 41.9 Å². The summed E-state index contributed by atoms with van der Waals surface area (Å²) in [5.74, 6) is 1.81. The third-order valence-electron chi connectivity index (χ3n) is 8.08. The molecule has 0 aliphatic heterocycles. The van der Waals surface area contributed by atoms with Gasteiger partial charge in [0.1, 0.15) is 35.5 Å². The molecule has 0 atom stereocenters. The fourth-order valence-electron chi connectivity index (χ4n) is 5.38. The predicted octanol–water partition coefficient (Wildman–Crippen LogP) is 6.90. The topological polar surface area (TPSA) is 168 Å². The first-order valence-corrected chi connectivity index (χ1v) is 16.9.